The summed E-state index contributed by atoms with van der Waals surface area (Å²) in [6.07, 6.45) is 0.558. The van der Waals surface area contributed by atoms with Gasteiger partial charge in [-0.2, -0.15) is 10.5 Å². The van der Waals surface area contributed by atoms with Gasteiger partial charge in [-0.1, -0.05) is 19.9 Å². The predicted octanol–water partition coefficient (Wildman–Crippen LogP) is 3.24. The lowest BCUT2D eigenvalue weighted by Gasteiger charge is -2.24. The quantitative estimate of drug-likeness (QED) is 0.784. The summed E-state index contributed by atoms with van der Waals surface area (Å²) in [5.41, 5.74) is 3.08. The van der Waals surface area contributed by atoms with Crippen molar-refractivity contribution in [2.45, 2.75) is 33.7 Å². The summed E-state index contributed by atoms with van der Waals surface area (Å²) in [5.74, 6) is 0.581. The number of hydrogen-bond donors (Lipinski definition) is 0. The molecule has 100 valence electrons. The second-order valence-electron chi connectivity index (χ2n) is 5.29. The molecule has 0 saturated carbocycles. The van der Waals surface area contributed by atoms with Crippen LogP contribution in [0.1, 0.15) is 37.0 Å². The molecule has 1 aromatic rings. The summed E-state index contributed by atoms with van der Waals surface area (Å²) in [7, 11) is 0. The topological polar surface area (TPSA) is 50.8 Å². The fourth-order valence-corrected chi connectivity index (χ4v) is 2.14. The highest BCUT2D eigenvalue weighted by Gasteiger charge is 2.10. The average molecular weight is 255 g/mol. The smallest absolute Gasteiger partial charge is 0.0991 e. The molecule has 1 rings (SSSR count). The van der Waals surface area contributed by atoms with E-state index in [2.05, 4.69) is 30.9 Å². The number of rotatable bonds is 6. The van der Waals surface area contributed by atoms with Gasteiger partial charge in [-0.3, -0.25) is 4.90 Å². The van der Waals surface area contributed by atoms with Gasteiger partial charge >= 0.3 is 0 Å². The van der Waals surface area contributed by atoms with Crippen LogP contribution in [0.25, 0.3) is 0 Å². The van der Waals surface area contributed by atoms with E-state index in [0.717, 1.165) is 25.2 Å². The van der Waals surface area contributed by atoms with Gasteiger partial charge in [0.25, 0.3) is 0 Å². The molecule has 0 heterocycles. The zero-order valence-electron chi connectivity index (χ0n) is 12.0. The van der Waals surface area contributed by atoms with E-state index in [0.29, 0.717) is 17.9 Å². The molecule has 0 fully saturated rings. The summed E-state index contributed by atoms with van der Waals surface area (Å²) < 4.78 is 0. The maximum Gasteiger partial charge on any atom is 0.0991 e. The first kappa shape index (κ1) is 15.2. The molecule has 0 N–H and O–H groups in total. The molecule has 3 nitrogen and oxygen atoms in total. The maximum atomic E-state index is 8.87. The zero-order chi connectivity index (χ0) is 14.3. The Morgan fingerprint density at radius 1 is 1.26 bits per heavy atom. The predicted molar refractivity (Wildman–Crippen MR) is 76.2 cm³/mol. The van der Waals surface area contributed by atoms with Gasteiger partial charge in [0.15, 0.2) is 0 Å². The number of nitriles is 2. The standard InChI is InChI=1S/C16H21N3/c1-13(2)11-19(8-4-7-17)12-16-6-5-15(10-18)9-14(16)3/h5-6,9,13H,4,8,11-12H2,1-3H3. The van der Waals surface area contributed by atoms with Crippen molar-refractivity contribution in [3.63, 3.8) is 0 Å². The highest BCUT2D eigenvalue weighted by atomic mass is 15.1. The zero-order valence-corrected chi connectivity index (χ0v) is 12.0. The summed E-state index contributed by atoms with van der Waals surface area (Å²) >= 11 is 0. The van der Waals surface area contributed by atoms with Crippen LogP contribution in [0.15, 0.2) is 18.2 Å². The fourth-order valence-electron chi connectivity index (χ4n) is 2.14. The van der Waals surface area contributed by atoms with Crippen molar-refractivity contribution >= 4 is 0 Å². The molecule has 0 bridgehead atoms. The molecule has 0 spiro atoms. The summed E-state index contributed by atoms with van der Waals surface area (Å²) in [6, 6.07) is 10.2. The first-order valence-corrected chi connectivity index (χ1v) is 6.65. The molecular weight excluding hydrogens is 234 g/mol. The first-order chi connectivity index (χ1) is 9.06. The average Bonchev–Trinajstić information content (AvgIpc) is 2.37. The Bertz CT molecular complexity index is 492. The Morgan fingerprint density at radius 2 is 2.00 bits per heavy atom. The summed E-state index contributed by atoms with van der Waals surface area (Å²) in [4.78, 5) is 2.31. The molecule has 0 unspecified atom stereocenters. The van der Waals surface area contributed by atoms with Gasteiger partial charge < -0.3 is 0 Å². The molecule has 1 aromatic carbocycles. The van der Waals surface area contributed by atoms with Crippen LogP contribution in [-0.4, -0.2) is 18.0 Å². The van der Waals surface area contributed by atoms with Crippen molar-refractivity contribution in [3.05, 3.63) is 34.9 Å². The van der Waals surface area contributed by atoms with Crippen molar-refractivity contribution < 1.29 is 0 Å². The third kappa shape index (κ3) is 5.12. The van der Waals surface area contributed by atoms with Gasteiger partial charge in [0.05, 0.1) is 17.7 Å². The van der Waals surface area contributed by atoms with Crippen molar-refractivity contribution in [1.82, 2.24) is 4.90 Å². The normalized spacial score (nSPS) is 10.5. The van der Waals surface area contributed by atoms with E-state index in [1.165, 1.54) is 5.56 Å². The van der Waals surface area contributed by atoms with E-state index in [1.807, 2.05) is 25.1 Å². The Labute approximate surface area is 116 Å². The Hall–Kier alpha value is -1.84. The van der Waals surface area contributed by atoms with Crippen LogP contribution in [0, 0.1) is 35.5 Å². The van der Waals surface area contributed by atoms with Crippen molar-refractivity contribution in [2.75, 3.05) is 13.1 Å². The van der Waals surface area contributed by atoms with E-state index in [-0.39, 0.29) is 0 Å². The lowest BCUT2D eigenvalue weighted by Crippen LogP contribution is -2.28. The first-order valence-electron chi connectivity index (χ1n) is 6.65. The number of hydrogen-bond acceptors (Lipinski definition) is 3. The largest absolute Gasteiger partial charge is 0.298 e. The summed E-state index contributed by atoms with van der Waals surface area (Å²) in [6.45, 7) is 9.04. The van der Waals surface area contributed by atoms with Gasteiger partial charge in [0, 0.05) is 26.1 Å². The molecular formula is C16H21N3. The lowest BCUT2D eigenvalue weighted by molar-refractivity contribution is 0.241. The van der Waals surface area contributed by atoms with E-state index < -0.39 is 0 Å². The number of aryl methyl sites for hydroxylation is 1. The SMILES string of the molecule is Cc1cc(C#N)ccc1CN(CCC#N)CC(C)C. The van der Waals surface area contributed by atoms with Gasteiger partial charge in [-0.25, -0.2) is 0 Å². The van der Waals surface area contributed by atoms with Crippen LogP contribution >= 0.6 is 0 Å². The molecule has 0 aliphatic heterocycles. The third-order valence-electron chi connectivity index (χ3n) is 3.03. The Balaban J connectivity index is 2.78. The second kappa shape index (κ2) is 7.56. The fraction of sp³-hybridized carbons (Fsp3) is 0.500. The third-order valence-corrected chi connectivity index (χ3v) is 3.03. The molecule has 0 radical (unpaired) electrons. The van der Waals surface area contributed by atoms with Crippen LogP contribution in [0.5, 0.6) is 0 Å². The van der Waals surface area contributed by atoms with Crippen LogP contribution in [0.4, 0.5) is 0 Å². The molecule has 0 atom stereocenters. The van der Waals surface area contributed by atoms with E-state index in [1.54, 1.807) is 0 Å². The number of nitrogens with zero attached hydrogens (tertiary/aromatic N) is 3. The van der Waals surface area contributed by atoms with Gasteiger partial charge in [-0.15, -0.1) is 0 Å². The van der Waals surface area contributed by atoms with E-state index in [9.17, 15) is 0 Å². The highest BCUT2D eigenvalue weighted by Crippen LogP contribution is 2.14. The van der Waals surface area contributed by atoms with Crippen LogP contribution in [-0.2, 0) is 6.54 Å². The second-order valence-corrected chi connectivity index (χ2v) is 5.29. The van der Waals surface area contributed by atoms with Gasteiger partial charge in [0.1, 0.15) is 0 Å². The lowest BCUT2D eigenvalue weighted by atomic mass is 10.0. The molecule has 19 heavy (non-hydrogen) atoms. The molecule has 0 aliphatic rings. The van der Waals surface area contributed by atoms with Crippen molar-refractivity contribution in [1.29, 1.82) is 10.5 Å². The van der Waals surface area contributed by atoms with Crippen molar-refractivity contribution in [2.24, 2.45) is 5.92 Å². The van der Waals surface area contributed by atoms with Crippen LogP contribution < -0.4 is 0 Å². The Kier molecular flexibility index (Phi) is 6.06. The minimum Gasteiger partial charge on any atom is -0.298 e. The highest BCUT2D eigenvalue weighted by molar-refractivity contribution is 5.37. The Morgan fingerprint density at radius 3 is 2.53 bits per heavy atom. The minimum atomic E-state index is 0.558. The van der Waals surface area contributed by atoms with E-state index in [4.69, 9.17) is 10.5 Å². The number of benzene rings is 1. The molecule has 0 aliphatic carbocycles. The molecule has 3 heteroatoms. The van der Waals surface area contributed by atoms with Crippen LogP contribution in [0.2, 0.25) is 0 Å². The van der Waals surface area contributed by atoms with E-state index >= 15 is 0 Å². The minimum absolute atomic E-state index is 0.558. The van der Waals surface area contributed by atoms with Gasteiger partial charge in [0.2, 0.25) is 0 Å². The molecule has 0 amide bonds. The molecule has 0 saturated heterocycles. The van der Waals surface area contributed by atoms with Gasteiger partial charge in [-0.05, 0) is 36.1 Å². The molecule has 0 aromatic heterocycles. The van der Waals surface area contributed by atoms with Crippen molar-refractivity contribution in [3.8, 4) is 12.1 Å². The summed E-state index contributed by atoms with van der Waals surface area (Å²) in [5, 5.41) is 17.6. The van der Waals surface area contributed by atoms with Crippen LogP contribution in [0.3, 0.4) is 0 Å². The maximum absolute atomic E-state index is 8.87. The monoisotopic (exact) mass is 255 g/mol.